The lowest BCUT2D eigenvalue weighted by Crippen LogP contribution is -2.54. The molecule has 0 unspecified atom stereocenters. The zero-order valence-electron chi connectivity index (χ0n) is 14.9. The van der Waals surface area contributed by atoms with Crippen molar-refractivity contribution in [1.29, 1.82) is 0 Å². The first-order chi connectivity index (χ1) is 13.0. The van der Waals surface area contributed by atoms with Crippen LogP contribution in [0.5, 0.6) is 11.6 Å². The van der Waals surface area contributed by atoms with E-state index in [2.05, 4.69) is 21.8 Å². The maximum absolute atomic E-state index is 13.2. The van der Waals surface area contributed by atoms with Crippen molar-refractivity contribution in [2.45, 2.75) is 25.8 Å². The third-order valence-electron chi connectivity index (χ3n) is 4.90. The Morgan fingerprint density at radius 2 is 2.07 bits per heavy atom. The summed E-state index contributed by atoms with van der Waals surface area (Å²) in [6.07, 6.45) is 3.46. The molecule has 1 atom stereocenters. The van der Waals surface area contributed by atoms with Gasteiger partial charge in [0, 0.05) is 37.7 Å². The Kier molecular flexibility index (Phi) is 4.86. The molecule has 8 heteroatoms. The zero-order valence-corrected chi connectivity index (χ0v) is 15.7. The molecule has 1 saturated heterocycles. The molecule has 2 aromatic rings. The van der Waals surface area contributed by atoms with E-state index in [1.54, 1.807) is 6.07 Å². The standard InChI is InChI=1S/C19H20ClFN4O2/c1-12-10-24(6-7-25(12)19(26)13-2-3-13)17-9-18(23-11-22-17)27-16-5-4-14(21)8-15(16)20/h4-5,8-9,11-13H,2-3,6-7,10H2,1H3/t12-/m1/s1. The zero-order chi connectivity index (χ0) is 19.0. The maximum atomic E-state index is 13.2. The highest BCUT2D eigenvalue weighted by Gasteiger charge is 2.37. The average Bonchev–Trinajstić information content (AvgIpc) is 3.49. The molecule has 2 aliphatic rings. The van der Waals surface area contributed by atoms with Crippen LogP contribution in [0.3, 0.4) is 0 Å². The van der Waals surface area contributed by atoms with Crippen LogP contribution in [0.1, 0.15) is 19.8 Å². The molecule has 2 fully saturated rings. The third-order valence-corrected chi connectivity index (χ3v) is 5.19. The summed E-state index contributed by atoms with van der Waals surface area (Å²) in [5.74, 6) is 1.47. The summed E-state index contributed by atoms with van der Waals surface area (Å²) in [5, 5.41) is 0.177. The van der Waals surface area contributed by atoms with Gasteiger partial charge in [0.25, 0.3) is 0 Å². The molecule has 27 heavy (non-hydrogen) atoms. The quantitative estimate of drug-likeness (QED) is 0.799. The number of benzene rings is 1. The molecule has 4 rings (SSSR count). The number of piperazine rings is 1. The van der Waals surface area contributed by atoms with Gasteiger partial charge in [0.1, 0.15) is 23.7 Å². The number of hydrogen-bond acceptors (Lipinski definition) is 5. The van der Waals surface area contributed by atoms with E-state index in [1.807, 2.05) is 4.90 Å². The van der Waals surface area contributed by atoms with E-state index >= 15 is 0 Å². The van der Waals surface area contributed by atoms with Crippen LogP contribution in [-0.4, -0.2) is 46.5 Å². The topological polar surface area (TPSA) is 58.6 Å². The first kappa shape index (κ1) is 18.0. The predicted molar refractivity (Wildman–Crippen MR) is 99.6 cm³/mol. The number of carbonyl (C=O) groups is 1. The fourth-order valence-electron chi connectivity index (χ4n) is 3.29. The lowest BCUT2D eigenvalue weighted by Gasteiger charge is -2.40. The second kappa shape index (κ2) is 7.31. The molecule has 1 aromatic carbocycles. The van der Waals surface area contributed by atoms with Crippen molar-refractivity contribution in [3.63, 3.8) is 0 Å². The van der Waals surface area contributed by atoms with E-state index in [0.29, 0.717) is 31.3 Å². The van der Waals surface area contributed by atoms with Gasteiger partial charge in [-0.15, -0.1) is 0 Å². The molecule has 1 saturated carbocycles. The minimum atomic E-state index is -0.427. The van der Waals surface area contributed by atoms with Crippen LogP contribution >= 0.6 is 11.6 Å². The van der Waals surface area contributed by atoms with Gasteiger partial charge in [-0.2, -0.15) is 0 Å². The molecule has 1 aliphatic heterocycles. The van der Waals surface area contributed by atoms with Crippen molar-refractivity contribution in [2.75, 3.05) is 24.5 Å². The predicted octanol–water partition coefficient (Wildman–Crippen LogP) is 3.51. The molecule has 6 nitrogen and oxygen atoms in total. The van der Waals surface area contributed by atoms with Crippen LogP contribution in [0.25, 0.3) is 0 Å². The molecule has 0 radical (unpaired) electrons. The second-order valence-corrected chi connectivity index (χ2v) is 7.40. The van der Waals surface area contributed by atoms with Gasteiger partial charge in [-0.25, -0.2) is 14.4 Å². The summed E-state index contributed by atoms with van der Waals surface area (Å²) < 4.78 is 18.9. The number of ether oxygens (including phenoxy) is 1. The van der Waals surface area contributed by atoms with Crippen molar-refractivity contribution < 1.29 is 13.9 Å². The van der Waals surface area contributed by atoms with Gasteiger partial charge in [-0.3, -0.25) is 4.79 Å². The molecule has 2 heterocycles. The first-order valence-corrected chi connectivity index (χ1v) is 9.39. The summed E-state index contributed by atoms with van der Waals surface area (Å²) in [4.78, 5) is 24.9. The van der Waals surface area contributed by atoms with E-state index in [-0.39, 0.29) is 22.9 Å². The number of halogens is 2. The largest absolute Gasteiger partial charge is 0.437 e. The Morgan fingerprint density at radius 1 is 1.26 bits per heavy atom. The molecule has 0 spiro atoms. The van der Waals surface area contributed by atoms with Gasteiger partial charge in [-0.1, -0.05) is 11.6 Å². The normalized spacial score (nSPS) is 19.9. The minimum Gasteiger partial charge on any atom is -0.437 e. The SMILES string of the molecule is C[C@@H]1CN(c2cc(Oc3ccc(F)cc3Cl)ncn2)CCN1C(=O)C1CC1. The van der Waals surface area contributed by atoms with E-state index in [0.717, 1.165) is 18.7 Å². The fourth-order valence-corrected chi connectivity index (χ4v) is 3.49. The lowest BCUT2D eigenvalue weighted by molar-refractivity contribution is -0.134. The maximum Gasteiger partial charge on any atom is 0.226 e. The summed E-state index contributed by atoms with van der Waals surface area (Å²) in [5.41, 5.74) is 0. The van der Waals surface area contributed by atoms with Gasteiger partial charge in [-0.05, 0) is 38.0 Å². The van der Waals surface area contributed by atoms with Crippen LogP contribution < -0.4 is 9.64 Å². The van der Waals surface area contributed by atoms with Crippen LogP contribution in [0, 0.1) is 11.7 Å². The van der Waals surface area contributed by atoms with E-state index in [4.69, 9.17) is 16.3 Å². The summed E-state index contributed by atoms with van der Waals surface area (Å²) in [6, 6.07) is 5.78. The van der Waals surface area contributed by atoms with E-state index in [1.165, 1.54) is 24.5 Å². The van der Waals surface area contributed by atoms with Crippen molar-refractivity contribution >= 4 is 23.3 Å². The minimum absolute atomic E-state index is 0.123. The number of carbonyl (C=O) groups excluding carboxylic acids is 1. The Morgan fingerprint density at radius 3 is 2.78 bits per heavy atom. The lowest BCUT2D eigenvalue weighted by atomic mass is 10.1. The van der Waals surface area contributed by atoms with Gasteiger partial charge in [0.05, 0.1) is 5.02 Å². The molecule has 1 aliphatic carbocycles. The van der Waals surface area contributed by atoms with Gasteiger partial charge >= 0.3 is 0 Å². The number of anilines is 1. The number of hydrogen-bond donors (Lipinski definition) is 0. The molecule has 0 N–H and O–H groups in total. The van der Waals surface area contributed by atoms with Gasteiger partial charge in [0.2, 0.25) is 11.8 Å². The summed E-state index contributed by atoms with van der Waals surface area (Å²) in [7, 11) is 0. The van der Waals surface area contributed by atoms with Crippen molar-refractivity contribution in [1.82, 2.24) is 14.9 Å². The highest BCUT2D eigenvalue weighted by Crippen LogP contribution is 2.33. The smallest absolute Gasteiger partial charge is 0.226 e. The number of nitrogens with zero attached hydrogens (tertiary/aromatic N) is 4. The summed E-state index contributed by atoms with van der Waals surface area (Å²) >= 11 is 6.01. The van der Waals surface area contributed by atoms with Crippen LogP contribution in [0.4, 0.5) is 10.2 Å². The Balaban J connectivity index is 1.45. The van der Waals surface area contributed by atoms with Gasteiger partial charge < -0.3 is 14.5 Å². The van der Waals surface area contributed by atoms with Crippen molar-refractivity contribution in [3.8, 4) is 11.6 Å². The molecular weight excluding hydrogens is 371 g/mol. The highest BCUT2D eigenvalue weighted by atomic mass is 35.5. The van der Waals surface area contributed by atoms with Crippen molar-refractivity contribution in [3.05, 3.63) is 41.4 Å². The molecular formula is C19H20ClFN4O2. The Hall–Kier alpha value is -2.41. The van der Waals surface area contributed by atoms with Crippen LogP contribution in [0.2, 0.25) is 5.02 Å². The number of amides is 1. The fraction of sp³-hybridized carbons (Fsp3) is 0.421. The Labute approximate surface area is 161 Å². The third kappa shape index (κ3) is 3.98. The van der Waals surface area contributed by atoms with E-state index < -0.39 is 5.82 Å². The molecule has 1 amide bonds. The molecule has 0 bridgehead atoms. The molecule has 1 aromatic heterocycles. The van der Waals surface area contributed by atoms with E-state index in [9.17, 15) is 9.18 Å². The van der Waals surface area contributed by atoms with Crippen molar-refractivity contribution in [2.24, 2.45) is 5.92 Å². The Bertz CT molecular complexity index is 861. The first-order valence-electron chi connectivity index (χ1n) is 9.01. The molecule has 142 valence electrons. The van der Waals surface area contributed by atoms with Crippen LogP contribution in [-0.2, 0) is 4.79 Å². The monoisotopic (exact) mass is 390 g/mol. The van der Waals surface area contributed by atoms with Gasteiger partial charge in [0.15, 0.2) is 0 Å². The number of aromatic nitrogens is 2. The number of rotatable bonds is 4. The highest BCUT2D eigenvalue weighted by molar-refractivity contribution is 6.32. The summed E-state index contributed by atoms with van der Waals surface area (Å²) in [6.45, 7) is 4.15. The van der Waals surface area contributed by atoms with Crippen LogP contribution in [0.15, 0.2) is 30.6 Å². The average molecular weight is 391 g/mol. The second-order valence-electron chi connectivity index (χ2n) is 6.99.